The van der Waals surface area contributed by atoms with Crippen LogP contribution in [0.1, 0.15) is 25.1 Å². The molecule has 2 rings (SSSR count). The summed E-state index contributed by atoms with van der Waals surface area (Å²) in [6, 6.07) is 4.48. The molecule has 1 aliphatic rings. The number of likely N-dealkylation sites (tertiary alicyclic amines) is 1. The smallest absolute Gasteiger partial charge is 0.169 e. The third-order valence-electron chi connectivity index (χ3n) is 3.32. The first kappa shape index (κ1) is 12.1. The summed E-state index contributed by atoms with van der Waals surface area (Å²) in [7, 11) is 2.17. The molecule has 0 amide bonds. The zero-order chi connectivity index (χ0) is 11.5. The molecule has 1 aliphatic heterocycles. The molecule has 0 bridgehead atoms. The van der Waals surface area contributed by atoms with Crippen molar-refractivity contribution in [3.63, 3.8) is 0 Å². The fraction of sp³-hybridized carbons (Fsp3) is 0.667. The molecule has 0 aromatic carbocycles. The van der Waals surface area contributed by atoms with Gasteiger partial charge in [-0.1, -0.05) is 6.92 Å². The fourth-order valence-corrected chi connectivity index (χ4v) is 2.83. The average molecular weight is 287 g/mol. The molecular weight excluding hydrogens is 268 g/mol. The first-order valence-corrected chi connectivity index (χ1v) is 6.68. The summed E-state index contributed by atoms with van der Waals surface area (Å²) < 4.78 is 6.52. The molecule has 0 saturated carbocycles. The number of halogens is 1. The van der Waals surface area contributed by atoms with Crippen molar-refractivity contribution in [1.82, 2.24) is 10.2 Å². The average Bonchev–Trinajstić information content (AvgIpc) is 2.82. The van der Waals surface area contributed by atoms with Gasteiger partial charge in [-0.3, -0.25) is 4.90 Å². The van der Waals surface area contributed by atoms with Gasteiger partial charge in [0.25, 0.3) is 0 Å². The van der Waals surface area contributed by atoms with Crippen LogP contribution in [0.2, 0.25) is 0 Å². The lowest BCUT2D eigenvalue weighted by molar-refractivity contribution is 0.233. The van der Waals surface area contributed by atoms with Gasteiger partial charge in [0.1, 0.15) is 5.76 Å². The van der Waals surface area contributed by atoms with E-state index in [1.54, 1.807) is 0 Å². The molecule has 90 valence electrons. The summed E-state index contributed by atoms with van der Waals surface area (Å²) >= 11 is 3.37. The topological polar surface area (TPSA) is 28.4 Å². The molecule has 0 spiro atoms. The van der Waals surface area contributed by atoms with E-state index in [1.807, 2.05) is 6.07 Å². The Morgan fingerprint density at radius 1 is 1.56 bits per heavy atom. The quantitative estimate of drug-likeness (QED) is 0.923. The van der Waals surface area contributed by atoms with Crippen molar-refractivity contribution in [2.75, 3.05) is 26.7 Å². The second kappa shape index (κ2) is 5.34. The van der Waals surface area contributed by atoms with Crippen molar-refractivity contribution in [3.05, 3.63) is 22.6 Å². The van der Waals surface area contributed by atoms with Crippen LogP contribution in [0.25, 0.3) is 0 Å². The lowest BCUT2D eigenvalue weighted by Gasteiger charge is -2.23. The normalized spacial score (nSPS) is 26.4. The molecule has 2 unspecified atom stereocenters. The monoisotopic (exact) mass is 286 g/mol. The van der Waals surface area contributed by atoms with Crippen molar-refractivity contribution in [2.45, 2.75) is 19.4 Å². The first-order chi connectivity index (χ1) is 7.72. The van der Waals surface area contributed by atoms with E-state index in [2.05, 4.69) is 46.2 Å². The van der Waals surface area contributed by atoms with Gasteiger partial charge in [-0.25, -0.2) is 0 Å². The third-order valence-corrected chi connectivity index (χ3v) is 3.74. The minimum Gasteiger partial charge on any atom is -0.453 e. The Bertz CT molecular complexity index is 340. The zero-order valence-corrected chi connectivity index (χ0v) is 11.5. The van der Waals surface area contributed by atoms with Gasteiger partial charge in [-0.05, 0) is 67.1 Å². The highest BCUT2D eigenvalue weighted by Gasteiger charge is 2.34. The second-order valence-electron chi connectivity index (χ2n) is 4.42. The second-order valence-corrected chi connectivity index (χ2v) is 5.21. The summed E-state index contributed by atoms with van der Waals surface area (Å²) in [5, 5.41) is 3.44. The van der Waals surface area contributed by atoms with E-state index < -0.39 is 0 Å². The molecule has 2 atom stereocenters. The largest absolute Gasteiger partial charge is 0.453 e. The van der Waals surface area contributed by atoms with Crippen LogP contribution in [-0.4, -0.2) is 31.6 Å². The SMILES string of the molecule is CCNCC1CCN(C)C1c1ccc(Br)o1. The lowest BCUT2D eigenvalue weighted by Crippen LogP contribution is -2.28. The molecule has 1 N–H and O–H groups in total. The van der Waals surface area contributed by atoms with Gasteiger partial charge in [-0.15, -0.1) is 0 Å². The molecule has 1 aromatic heterocycles. The first-order valence-electron chi connectivity index (χ1n) is 5.88. The molecule has 1 aromatic rings. The zero-order valence-electron chi connectivity index (χ0n) is 9.87. The molecular formula is C12H19BrN2O. The fourth-order valence-electron chi connectivity index (χ4n) is 2.51. The summed E-state index contributed by atoms with van der Waals surface area (Å²) in [6.07, 6.45) is 1.24. The maximum Gasteiger partial charge on any atom is 0.169 e. The van der Waals surface area contributed by atoms with Crippen LogP contribution in [0, 0.1) is 5.92 Å². The number of hydrogen-bond acceptors (Lipinski definition) is 3. The van der Waals surface area contributed by atoms with Gasteiger partial charge in [-0.2, -0.15) is 0 Å². The molecule has 1 fully saturated rings. The van der Waals surface area contributed by atoms with Gasteiger partial charge in [0.05, 0.1) is 6.04 Å². The maximum atomic E-state index is 5.70. The molecule has 2 heterocycles. The van der Waals surface area contributed by atoms with Gasteiger partial charge >= 0.3 is 0 Å². The Labute approximate surface area is 105 Å². The van der Waals surface area contributed by atoms with E-state index in [4.69, 9.17) is 4.42 Å². The Hall–Kier alpha value is -0.320. The Kier molecular flexibility index (Phi) is 4.05. The molecule has 1 saturated heterocycles. The molecule has 0 aliphatic carbocycles. The van der Waals surface area contributed by atoms with Gasteiger partial charge < -0.3 is 9.73 Å². The molecule has 16 heavy (non-hydrogen) atoms. The molecule has 0 radical (unpaired) electrons. The number of furan rings is 1. The highest BCUT2D eigenvalue weighted by Crippen LogP contribution is 2.37. The minimum atomic E-state index is 0.422. The van der Waals surface area contributed by atoms with E-state index in [0.29, 0.717) is 12.0 Å². The Morgan fingerprint density at radius 2 is 2.38 bits per heavy atom. The summed E-state index contributed by atoms with van der Waals surface area (Å²) in [5.74, 6) is 1.73. The minimum absolute atomic E-state index is 0.422. The van der Waals surface area contributed by atoms with Gasteiger partial charge in [0.2, 0.25) is 0 Å². The number of rotatable bonds is 4. The molecule has 4 heteroatoms. The van der Waals surface area contributed by atoms with Crippen LogP contribution in [0.4, 0.5) is 0 Å². The van der Waals surface area contributed by atoms with Crippen LogP contribution < -0.4 is 5.32 Å². The maximum absolute atomic E-state index is 5.70. The van der Waals surface area contributed by atoms with Crippen molar-refractivity contribution >= 4 is 15.9 Å². The third kappa shape index (κ3) is 2.50. The number of hydrogen-bond donors (Lipinski definition) is 1. The van der Waals surface area contributed by atoms with Crippen LogP contribution in [0.5, 0.6) is 0 Å². The number of nitrogens with one attached hydrogen (secondary N) is 1. The van der Waals surface area contributed by atoms with Gasteiger partial charge in [0.15, 0.2) is 4.67 Å². The summed E-state index contributed by atoms with van der Waals surface area (Å²) in [4.78, 5) is 2.38. The van der Waals surface area contributed by atoms with E-state index >= 15 is 0 Å². The highest BCUT2D eigenvalue weighted by molar-refractivity contribution is 9.10. The van der Waals surface area contributed by atoms with E-state index in [0.717, 1.165) is 30.1 Å². The predicted octanol–water partition coefficient (Wildman–Crippen LogP) is 2.64. The summed E-state index contributed by atoms with van der Waals surface area (Å²) in [5.41, 5.74) is 0. The van der Waals surface area contributed by atoms with Crippen molar-refractivity contribution in [1.29, 1.82) is 0 Å². The lowest BCUT2D eigenvalue weighted by atomic mass is 9.98. The van der Waals surface area contributed by atoms with E-state index in [-0.39, 0.29) is 0 Å². The van der Waals surface area contributed by atoms with Crippen molar-refractivity contribution in [2.24, 2.45) is 5.92 Å². The van der Waals surface area contributed by atoms with E-state index in [1.165, 1.54) is 6.42 Å². The summed E-state index contributed by atoms with van der Waals surface area (Å²) in [6.45, 7) is 5.41. The van der Waals surface area contributed by atoms with Crippen molar-refractivity contribution in [3.8, 4) is 0 Å². The van der Waals surface area contributed by atoms with Gasteiger partial charge in [0, 0.05) is 0 Å². The van der Waals surface area contributed by atoms with Crippen LogP contribution in [0.15, 0.2) is 21.2 Å². The van der Waals surface area contributed by atoms with Crippen molar-refractivity contribution < 1.29 is 4.42 Å². The Balaban J connectivity index is 2.09. The van der Waals surface area contributed by atoms with Crippen LogP contribution in [0.3, 0.4) is 0 Å². The van der Waals surface area contributed by atoms with Crippen LogP contribution in [-0.2, 0) is 0 Å². The van der Waals surface area contributed by atoms with E-state index in [9.17, 15) is 0 Å². The van der Waals surface area contributed by atoms with Crippen LogP contribution >= 0.6 is 15.9 Å². The number of nitrogens with zero attached hydrogens (tertiary/aromatic N) is 1. The standard InChI is InChI=1S/C12H19BrN2O/c1-3-14-8-9-6-7-15(2)12(9)10-4-5-11(13)16-10/h4-5,9,12,14H,3,6-8H2,1-2H3. The molecule has 3 nitrogen and oxygen atoms in total. The highest BCUT2D eigenvalue weighted by atomic mass is 79.9. The predicted molar refractivity (Wildman–Crippen MR) is 68.4 cm³/mol. The Morgan fingerprint density at radius 3 is 3.00 bits per heavy atom.